The van der Waals surface area contributed by atoms with Gasteiger partial charge in [-0.15, -0.1) is 0 Å². The lowest BCUT2D eigenvalue weighted by Crippen LogP contribution is -2.08. The van der Waals surface area contributed by atoms with Crippen molar-refractivity contribution in [3.63, 3.8) is 0 Å². The first-order valence-corrected chi connectivity index (χ1v) is 6.26. The summed E-state index contributed by atoms with van der Waals surface area (Å²) in [6, 6.07) is 3.43. The molecular formula is C14H15F3N2O. The van der Waals surface area contributed by atoms with Gasteiger partial charge in [-0.05, 0) is 30.2 Å². The Bertz CT molecular complexity index is 602. The first-order valence-electron chi connectivity index (χ1n) is 6.26. The maximum absolute atomic E-state index is 13.1. The summed E-state index contributed by atoms with van der Waals surface area (Å²) in [5, 5.41) is 14.2. The van der Waals surface area contributed by atoms with Crippen molar-refractivity contribution in [3.8, 4) is 0 Å². The molecule has 0 saturated heterocycles. The van der Waals surface area contributed by atoms with E-state index in [4.69, 9.17) is 0 Å². The third-order valence-corrected chi connectivity index (χ3v) is 3.18. The Hall–Kier alpha value is -1.82. The Morgan fingerprint density at radius 3 is 2.30 bits per heavy atom. The molecule has 0 amide bonds. The van der Waals surface area contributed by atoms with Crippen LogP contribution in [0.15, 0.2) is 18.2 Å². The van der Waals surface area contributed by atoms with Gasteiger partial charge in [0.25, 0.3) is 0 Å². The first kappa shape index (κ1) is 14.6. The quantitative estimate of drug-likeness (QED) is 0.877. The van der Waals surface area contributed by atoms with Gasteiger partial charge in [0.1, 0.15) is 0 Å². The highest BCUT2D eigenvalue weighted by Gasteiger charge is 2.17. The summed E-state index contributed by atoms with van der Waals surface area (Å²) in [6.07, 6.45) is -0.225. The van der Waals surface area contributed by atoms with Crippen LogP contribution in [0.2, 0.25) is 0 Å². The van der Waals surface area contributed by atoms with Crippen molar-refractivity contribution in [2.24, 2.45) is 7.05 Å². The lowest BCUT2D eigenvalue weighted by molar-refractivity contribution is 0.174. The molecule has 0 saturated carbocycles. The van der Waals surface area contributed by atoms with Gasteiger partial charge in [0.15, 0.2) is 17.5 Å². The van der Waals surface area contributed by atoms with Crippen LogP contribution in [-0.4, -0.2) is 14.9 Å². The number of rotatable bonds is 4. The summed E-state index contributed by atoms with van der Waals surface area (Å²) < 4.78 is 40.7. The summed E-state index contributed by atoms with van der Waals surface area (Å²) in [5.41, 5.74) is 1.60. The Kier molecular flexibility index (Phi) is 4.13. The van der Waals surface area contributed by atoms with Crippen molar-refractivity contribution in [2.45, 2.75) is 25.9 Å². The van der Waals surface area contributed by atoms with E-state index in [2.05, 4.69) is 5.10 Å². The highest BCUT2D eigenvalue weighted by atomic mass is 19.2. The van der Waals surface area contributed by atoms with E-state index in [1.165, 1.54) is 0 Å². The van der Waals surface area contributed by atoms with E-state index in [9.17, 15) is 18.3 Å². The zero-order chi connectivity index (χ0) is 14.9. The molecule has 0 aliphatic rings. The van der Waals surface area contributed by atoms with Gasteiger partial charge < -0.3 is 5.11 Å². The highest BCUT2D eigenvalue weighted by Crippen LogP contribution is 2.22. The highest BCUT2D eigenvalue weighted by molar-refractivity contribution is 5.23. The van der Waals surface area contributed by atoms with E-state index in [0.29, 0.717) is 0 Å². The second-order valence-corrected chi connectivity index (χ2v) is 4.62. The van der Waals surface area contributed by atoms with E-state index in [0.717, 1.165) is 29.9 Å². The molecule has 0 radical (unpaired) electrons. The molecule has 0 aliphatic carbocycles. The lowest BCUT2D eigenvalue weighted by atomic mass is 10.0. The number of aliphatic hydroxyl groups excluding tert-OH is 1. The minimum absolute atomic E-state index is 0.000600. The maximum atomic E-state index is 13.1. The maximum Gasteiger partial charge on any atom is 0.194 e. The van der Waals surface area contributed by atoms with Gasteiger partial charge in [-0.2, -0.15) is 5.10 Å². The molecule has 20 heavy (non-hydrogen) atoms. The van der Waals surface area contributed by atoms with Crippen molar-refractivity contribution in [1.82, 2.24) is 9.78 Å². The van der Waals surface area contributed by atoms with Crippen molar-refractivity contribution < 1.29 is 18.3 Å². The number of hydrogen-bond donors (Lipinski definition) is 1. The standard InChI is InChI=1S/C14H15F3N2O/c1-3-9-6-10(19(2)18-9)7-13(20)8-4-11(15)14(17)12(16)5-8/h4-6,13,20H,3,7H2,1-2H3. The van der Waals surface area contributed by atoms with Gasteiger partial charge >= 0.3 is 0 Å². The van der Waals surface area contributed by atoms with Crippen molar-refractivity contribution in [1.29, 1.82) is 0 Å². The van der Waals surface area contributed by atoms with E-state index in [-0.39, 0.29) is 12.0 Å². The molecule has 2 aromatic rings. The minimum atomic E-state index is -1.53. The number of aliphatic hydroxyl groups is 1. The molecule has 3 nitrogen and oxygen atoms in total. The molecule has 6 heteroatoms. The Labute approximate surface area is 114 Å². The van der Waals surface area contributed by atoms with Crippen LogP contribution in [0.4, 0.5) is 13.2 Å². The third-order valence-electron chi connectivity index (χ3n) is 3.18. The van der Waals surface area contributed by atoms with Crippen LogP contribution in [0.1, 0.15) is 30.0 Å². The van der Waals surface area contributed by atoms with Crippen LogP contribution < -0.4 is 0 Å². The summed E-state index contributed by atoms with van der Waals surface area (Å²) in [6.45, 7) is 1.95. The number of halogens is 3. The molecule has 1 unspecified atom stereocenters. The molecule has 108 valence electrons. The van der Waals surface area contributed by atoms with Crippen LogP contribution >= 0.6 is 0 Å². The molecule has 0 spiro atoms. The van der Waals surface area contributed by atoms with Crippen LogP contribution in [0.25, 0.3) is 0 Å². The molecule has 1 atom stereocenters. The first-order chi connectivity index (χ1) is 9.42. The summed E-state index contributed by atoms with van der Waals surface area (Å²) in [4.78, 5) is 0. The molecular weight excluding hydrogens is 269 g/mol. The average molecular weight is 284 g/mol. The zero-order valence-corrected chi connectivity index (χ0v) is 11.2. The molecule has 1 N–H and O–H groups in total. The van der Waals surface area contributed by atoms with Gasteiger partial charge in [0, 0.05) is 19.2 Å². The smallest absolute Gasteiger partial charge is 0.194 e. The molecule has 1 aromatic heterocycles. The normalized spacial score (nSPS) is 12.7. The molecule has 2 rings (SSSR count). The van der Waals surface area contributed by atoms with E-state index >= 15 is 0 Å². The molecule has 0 aliphatic heterocycles. The Balaban J connectivity index is 2.23. The minimum Gasteiger partial charge on any atom is -0.388 e. The van der Waals surface area contributed by atoms with Crippen LogP contribution in [0.3, 0.4) is 0 Å². The fourth-order valence-electron chi connectivity index (χ4n) is 2.02. The van der Waals surface area contributed by atoms with Crippen molar-refractivity contribution in [3.05, 3.63) is 52.6 Å². The zero-order valence-electron chi connectivity index (χ0n) is 11.2. The van der Waals surface area contributed by atoms with Crippen LogP contribution in [0.5, 0.6) is 0 Å². The summed E-state index contributed by atoms with van der Waals surface area (Å²) in [5.74, 6) is -4.15. The monoisotopic (exact) mass is 284 g/mol. The molecule has 1 heterocycles. The summed E-state index contributed by atoms with van der Waals surface area (Å²) in [7, 11) is 1.73. The van der Waals surface area contributed by atoms with Gasteiger partial charge in [-0.25, -0.2) is 13.2 Å². The van der Waals surface area contributed by atoms with Gasteiger partial charge in [-0.3, -0.25) is 4.68 Å². The van der Waals surface area contributed by atoms with Gasteiger partial charge in [-0.1, -0.05) is 6.92 Å². The van der Waals surface area contributed by atoms with E-state index in [1.54, 1.807) is 11.7 Å². The number of aryl methyl sites for hydroxylation is 2. The second kappa shape index (κ2) is 5.66. The second-order valence-electron chi connectivity index (χ2n) is 4.62. The largest absolute Gasteiger partial charge is 0.388 e. The number of benzene rings is 1. The van der Waals surface area contributed by atoms with Gasteiger partial charge in [0.05, 0.1) is 11.8 Å². The number of hydrogen-bond acceptors (Lipinski definition) is 2. The Morgan fingerprint density at radius 1 is 1.20 bits per heavy atom. The lowest BCUT2D eigenvalue weighted by Gasteiger charge is -2.11. The summed E-state index contributed by atoms with van der Waals surface area (Å²) >= 11 is 0. The predicted octanol–water partition coefficient (Wildman–Crippen LogP) is 2.68. The fraction of sp³-hybridized carbons (Fsp3) is 0.357. The predicted molar refractivity (Wildman–Crippen MR) is 67.6 cm³/mol. The van der Waals surface area contributed by atoms with Crippen LogP contribution in [0, 0.1) is 17.5 Å². The molecule has 1 aromatic carbocycles. The number of aromatic nitrogens is 2. The van der Waals surface area contributed by atoms with Crippen LogP contribution in [-0.2, 0) is 19.9 Å². The van der Waals surface area contributed by atoms with Crippen molar-refractivity contribution >= 4 is 0 Å². The topological polar surface area (TPSA) is 38.0 Å². The van der Waals surface area contributed by atoms with Gasteiger partial charge in [0.2, 0.25) is 0 Å². The molecule has 0 bridgehead atoms. The van der Waals surface area contributed by atoms with E-state index < -0.39 is 23.6 Å². The SMILES string of the molecule is CCc1cc(CC(O)c2cc(F)c(F)c(F)c2)n(C)n1. The fourth-order valence-corrected chi connectivity index (χ4v) is 2.02. The van der Waals surface area contributed by atoms with E-state index in [1.807, 2.05) is 13.0 Å². The molecule has 0 fully saturated rings. The third kappa shape index (κ3) is 2.85. The average Bonchev–Trinajstić information content (AvgIpc) is 2.76. The Morgan fingerprint density at radius 2 is 1.80 bits per heavy atom. The number of nitrogens with zero attached hydrogens (tertiary/aromatic N) is 2. The van der Waals surface area contributed by atoms with Crippen molar-refractivity contribution in [2.75, 3.05) is 0 Å².